The fourth-order valence-corrected chi connectivity index (χ4v) is 7.09. The van der Waals surface area contributed by atoms with Crippen LogP contribution in [0.2, 0.25) is 0 Å². The monoisotopic (exact) mass is 555 g/mol. The first kappa shape index (κ1) is 28.0. The number of aromatic nitrogens is 2. The van der Waals surface area contributed by atoms with E-state index in [0.29, 0.717) is 37.4 Å². The summed E-state index contributed by atoms with van der Waals surface area (Å²) in [7, 11) is -1.48. The maximum absolute atomic E-state index is 13.5. The average Bonchev–Trinajstić information content (AvgIpc) is 2.95. The molecule has 39 heavy (non-hydrogen) atoms. The molecule has 1 atom stereocenters. The van der Waals surface area contributed by atoms with Gasteiger partial charge in [-0.3, -0.25) is 4.79 Å². The molecular formula is C29H41N5O4S. The Morgan fingerprint density at radius 1 is 1.08 bits per heavy atom. The first-order chi connectivity index (χ1) is 18.7. The van der Waals surface area contributed by atoms with E-state index in [0.717, 1.165) is 75.0 Å². The van der Waals surface area contributed by atoms with Gasteiger partial charge in [-0.1, -0.05) is 18.2 Å². The van der Waals surface area contributed by atoms with Crippen LogP contribution in [-0.2, 0) is 22.9 Å². The molecule has 1 aromatic carbocycles. The highest BCUT2D eigenvalue weighted by molar-refractivity contribution is 7.88. The van der Waals surface area contributed by atoms with Crippen molar-refractivity contribution in [3.05, 3.63) is 53.1 Å². The molecule has 2 aromatic rings. The van der Waals surface area contributed by atoms with Crippen molar-refractivity contribution in [2.24, 2.45) is 5.92 Å². The Labute approximate surface area is 232 Å². The summed E-state index contributed by atoms with van der Waals surface area (Å²) in [4.78, 5) is 26.8. The van der Waals surface area contributed by atoms with Crippen LogP contribution in [0.15, 0.2) is 30.6 Å². The summed E-state index contributed by atoms with van der Waals surface area (Å²) >= 11 is 0. The molecule has 3 aliphatic heterocycles. The van der Waals surface area contributed by atoms with Gasteiger partial charge in [0, 0.05) is 43.5 Å². The quantitative estimate of drug-likeness (QED) is 0.518. The third kappa shape index (κ3) is 6.44. The highest BCUT2D eigenvalue weighted by atomic mass is 32.2. The van der Waals surface area contributed by atoms with Crippen LogP contribution in [0.25, 0.3) is 0 Å². The number of likely N-dealkylation sites (tertiary alicyclic amines) is 2. The third-order valence-corrected chi connectivity index (χ3v) is 10.3. The van der Waals surface area contributed by atoms with E-state index in [9.17, 15) is 13.2 Å². The van der Waals surface area contributed by atoms with Gasteiger partial charge in [0.2, 0.25) is 10.0 Å². The van der Waals surface area contributed by atoms with Crippen LogP contribution in [0.5, 0.6) is 5.75 Å². The molecule has 5 rings (SSSR count). The summed E-state index contributed by atoms with van der Waals surface area (Å²) in [6.45, 7) is 5.91. The maximum Gasteiger partial charge on any atom is 0.272 e. The number of hydrogen-bond donors (Lipinski definition) is 0. The average molecular weight is 556 g/mol. The molecule has 0 saturated carbocycles. The Morgan fingerprint density at radius 2 is 1.79 bits per heavy atom. The number of carbonyl (C=O) groups is 1. The zero-order valence-corrected chi connectivity index (χ0v) is 24.2. The van der Waals surface area contributed by atoms with Gasteiger partial charge in [-0.15, -0.1) is 0 Å². The van der Waals surface area contributed by atoms with Gasteiger partial charge in [-0.25, -0.2) is 22.7 Å². The van der Waals surface area contributed by atoms with Gasteiger partial charge in [-0.05, 0) is 82.5 Å². The number of benzene rings is 1. The van der Waals surface area contributed by atoms with Crippen LogP contribution in [0, 0.1) is 12.8 Å². The largest absolute Gasteiger partial charge is 0.493 e. The number of fused-ring (bicyclic) bond motifs is 1. The van der Waals surface area contributed by atoms with E-state index in [1.54, 1.807) is 7.05 Å². The highest BCUT2D eigenvalue weighted by Crippen LogP contribution is 2.29. The lowest BCUT2D eigenvalue weighted by Crippen LogP contribution is -2.52. The molecule has 0 spiro atoms. The van der Waals surface area contributed by atoms with Crippen molar-refractivity contribution in [1.82, 2.24) is 24.1 Å². The maximum atomic E-state index is 13.5. The van der Waals surface area contributed by atoms with Crippen molar-refractivity contribution in [2.45, 2.75) is 64.0 Å². The van der Waals surface area contributed by atoms with E-state index in [1.807, 2.05) is 24.0 Å². The molecule has 3 aliphatic rings. The van der Waals surface area contributed by atoms with E-state index in [-0.39, 0.29) is 11.9 Å². The second-order valence-electron chi connectivity index (χ2n) is 11.4. The minimum absolute atomic E-state index is 0.00184. The lowest BCUT2D eigenvalue weighted by Gasteiger charge is -2.43. The SMILES string of the molecule is Cc1c(CCC2COc3ccccc3C2)ncnc1C(=O)N1CCC(N2CCC(N(C)S(C)(=O)=O)CC2)CC1. The second-order valence-corrected chi connectivity index (χ2v) is 13.4. The zero-order chi connectivity index (χ0) is 27.6. The minimum atomic E-state index is -3.16. The van der Waals surface area contributed by atoms with Crippen LogP contribution in [0.4, 0.5) is 0 Å². The number of hydrogen-bond acceptors (Lipinski definition) is 7. The standard InChI is InChI=1S/C29H41N5O4S/c1-21-26(9-8-22-18-23-6-4-5-7-27(23)38-19-22)30-20-31-28(21)29(35)34-16-12-25(13-17-34)33-14-10-24(11-15-33)32(2)39(3,36)37/h4-7,20,22,24-25H,8-19H2,1-3H3. The Balaban J connectivity index is 1.12. The first-order valence-corrected chi connectivity index (χ1v) is 16.0. The van der Waals surface area contributed by atoms with Crippen LogP contribution in [0.3, 0.4) is 0 Å². The van der Waals surface area contributed by atoms with Crippen molar-refractivity contribution in [2.75, 3.05) is 46.1 Å². The minimum Gasteiger partial charge on any atom is -0.493 e. The Kier molecular flexibility index (Phi) is 8.54. The summed E-state index contributed by atoms with van der Waals surface area (Å²) in [6, 6.07) is 8.75. The molecule has 9 nitrogen and oxygen atoms in total. The summed E-state index contributed by atoms with van der Waals surface area (Å²) < 4.78 is 31.2. The van der Waals surface area contributed by atoms with Crippen molar-refractivity contribution >= 4 is 15.9 Å². The summed E-state index contributed by atoms with van der Waals surface area (Å²) in [5.74, 6) is 1.43. The number of aryl methyl sites for hydroxylation is 1. The Morgan fingerprint density at radius 3 is 2.51 bits per heavy atom. The van der Waals surface area contributed by atoms with Crippen LogP contribution < -0.4 is 4.74 Å². The molecule has 0 N–H and O–H groups in total. The van der Waals surface area contributed by atoms with Gasteiger partial charge >= 0.3 is 0 Å². The van der Waals surface area contributed by atoms with E-state index in [4.69, 9.17) is 4.74 Å². The second kappa shape index (κ2) is 11.9. The summed E-state index contributed by atoms with van der Waals surface area (Å²) in [6.07, 6.45) is 9.14. The van der Waals surface area contributed by atoms with Gasteiger partial charge in [0.05, 0.1) is 12.9 Å². The van der Waals surface area contributed by atoms with Gasteiger partial charge in [-0.2, -0.15) is 0 Å². The van der Waals surface area contributed by atoms with Crippen molar-refractivity contribution in [3.8, 4) is 5.75 Å². The molecule has 2 fully saturated rings. The summed E-state index contributed by atoms with van der Waals surface area (Å²) in [5, 5.41) is 0. The predicted molar refractivity (Wildman–Crippen MR) is 150 cm³/mol. The van der Waals surface area contributed by atoms with Crippen LogP contribution in [0.1, 0.15) is 59.4 Å². The van der Waals surface area contributed by atoms with Gasteiger partial charge in [0.25, 0.3) is 5.91 Å². The molecule has 1 aromatic heterocycles. The molecule has 0 bridgehead atoms. The van der Waals surface area contributed by atoms with E-state index in [2.05, 4.69) is 27.0 Å². The number of sulfonamides is 1. The predicted octanol–water partition coefficient (Wildman–Crippen LogP) is 2.93. The molecule has 0 aliphatic carbocycles. The molecular weight excluding hydrogens is 514 g/mol. The van der Waals surface area contributed by atoms with Crippen molar-refractivity contribution < 1.29 is 17.9 Å². The number of para-hydroxylation sites is 1. The number of ether oxygens (including phenoxy) is 1. The topological polar surface area (TPSA) is 95.9 Å². The van der Waals surface area contributed by atoms with Gasteiger partial charge < -0.3 is 14.5 Å². The number of nitrogens with zero attached hydrogens (tertiary/aromatic N) is 5. The van der Waals surface area contributed by atoms with Crippen molar-refractivity contribution in [1.29, 1.82) is 0 Å². The Hall–Kier alpha value is -2.56. The van der Waals surface area contributed by atoms with E-state index in [1.165, 1.54) is 22.5 Å². The molecule has 4 heterocycles. The number of carbonyl (C=O) groups excluding carboxylic acids is 1. The molecule has 2 saturated heterocycles. The zero-order valence-electron chi connectivity index (χ0n) is 23.4. The fourth-order valence-electron chi connectivity index (χ4n) is 6.34. The molecule has 10 heteroatoms. The lowest BCUT2D eigenvalue weighted by molar-refractivity contribution is 0.0542. The molecule has 1 amide bonds. The van der Waals surface area contributed by atoms with Gasteiger partial charge in [0.1, 0.15) is 17.8 Å². The third-order valence-electron chi connectivity index (χ3n) is 8.94. The number of rotatable bonds is 7. The first-order valence-electron chi connectivity index (χ1n) is 14.2. The summed E-state index contributed by atoms with van der Waals surface area (Å²) in [5.41, 5.74) is 3.62. The smallest absolute Gasteiger partial charge is 0.272 e. The molecule has 0 radical (unpaired) electrons. The van der Waals surface area contributed by atoms with Gasteiger partial charge in [0.15, 0.2) is 0 Å². The Bertz CT molecular complexity index is 1270. The number of amides is 1. The van der Waals surface area contributed by atoms with E-state index < -0.39 is 10.0 Å². The number of piperidine rings is 2. The van der Waals surface area contributed by atoms with E-state index >= 15 is 0 Å². The highest BCUT2D eigenvalue weighted by Gasteiger charge is 2.33. The fraction of sp³-hybridized carbons (Fsp3) is 0.621. The van der Waals surface area contributed by atoms with Crippen LogP contribution in [-0.4, -0.2) is 96.6 Å². The normalized spacial score (nSPS) is 21.5. The molecule has 212 valence electrons. The molecule has 1 unspecified atom stereocenters. The van der Waals surface area contributed by atoms with Crippen molar-refractivity contribution in [3.63, 3.8) is 0 Å². The lowest BCUT2D eigenvalue weighted by atomic mass is 9.91. The van der Waals surface area contributed by atoms with Crippen LogP contribution >= 0.6 is 0 Å².